The van der Waals surface area contributed by atoms with Crippen molar-refractivity contribution in [3.63, 3.8) is 0 Å². The molecule has 0 saturated carbocycles. The van der Waals surface area contributed by atoms with Crippen LogP contribution in [0.1, 0.15) is 12.8 Å². The van der Waals surface area contributed by atoms with Gasteiger partial charge in [0, 0.05) is 35.4 Å². The van der Waals surface area contributed by atoms with Crippen LogP contribution in [0.15, 0.2) is 115 Å². The number of fused-ring (bicyclic) bond motifs is 1. The van der Waals surface area contributed by atoms with Gasteiger partial charge in [-0.05, 0) is 61.4 Å². The van der Waals surface area contributed by atoms with Crippen molar-refractivity contribution in [2.75, 3.05) is 18.0 Å². The molecule has 0 radical (unpaired) electrons. The number of aromatic nitrogens is 1. The van der Waals surface area contributed by atoms with Crippen LogP contribution >= 0.6 is 22.7 Å². The van der Waals surface area contributed by atoms with Gasteiger partial charge in [0.1, 0.15) is 5.00 Å². The van der Waals surface area contributed by atoms with Crippen molar-refractivity contribution in [3.8, 4) is 0 Å². The zero-order chi connectivity index (χ0) is 24.9. The second-order valence-corrected chi connectivity index (χ2v) is 10.3. The van der Waals surface area contributed by atoms with Gasteiger partial charge in [-0.1, -0.05) is 35.6 Å². The SMILES string of the molecule is c1ccc2c(N=Nc3ccc(N4CCCC4)s3)ccc(N=Nc3ccc(N=Nc4nccs4)cc3)c2c1. The molecule has 182 valence electrons. The first-order chi connectivity index (χ1) is 18.3. The molecule has 1 saturated heterocycles. The highest BCUT2D eigenvalue weighted by molar-refractivity contribution is 7.19. The normalized spacial score (nSPS) is 14.2. The van der Waals surface area contributed by atoms with Crippen molar-refractivity contribution in [2.24, 2.45) is 30.7 Å². The Kier molecular flexibility index (Phi) is 6.82. The summed E-state index contributed by atoms with van der Waals surface area (Å²) in [5, 5.41) is 33.0. The highest BCUT2D eigenvalue weighted by Crippen LogP contribution is 2.38. The lowest BCUT2D eigenvalue weighted by atomic mass is 10.1. The van der Waals surface area contributed by atoms with Gasteiger partial charge in [0.25, 0.3) is 0 Å². The molecule has 3 heterocycles. The van der Waals surface area contributed by atoms with Crippen LogP contribution < -0.4 is 4.90 Å². The van der Waals surface area contributed by atoms with E-state index < -0.39 is 0 Å². The number of nitrogens with zero attached hydrogens (tertiary/aromatic N) is 8. The van der Waals surface area contributed by atoms with Crippen molar-refractivity contribution in [1.29, 1.82) is 0 Å². The van der Waals surface area contributed by atoms with Crippen LogP contribution in [0.2, 0.25) is 0 Å². The van der Waals surface area contributed by atoms with Crippen molar-refractivity contribution in [1.82, 2.24) is 4.98 Å². The first-order valence-corrected chi connectivity index (χ1v) is 13.6. The Balaban J connectivity index is 1.20. The number of hydrogen-bond acceptors (Lipinski definition) is 10. The fourth-order valence-electron chi connectivity index (χ4n) is 4.09. The second kappa shape index (κ2) is 10.9. The number of rotatable bonds is 7. The van der Waals surface area contributed by atoms with Gasteiger partial charge in [0.05, 0.1) is 27.8 Å². The van der Waals surface area contributed by atoms with Crippen molar-refractivity contribution in [2.45, 2.75) is 12.8 Å². The second-order valence-electron chi connectivity index (χ2n) is 8.39. The monoisotopic (exact) mass is 522 g/mol. The summed E-state index contributed by atoms with van der Waals surface area (Å²) in [5.74, 6) is 0. The van der Waals surface area contributed by atoms with E-state index in [4.69, 9.17) is 0 Å². The minimum absolute atomic E-state index is 0.626. The smallest absolute Gasteiger partial charge is 0.229 e. The van der Waals surface area contributed by atoms with Gasteiger partial charge in [-0.15, -0.1) is 36.9 Å². The molecular weight excluding hydrogens is 500 g/mol. The summed E-state index contributed by atoms with van der Waals surface area (Å²) in [7, 11) is 0. The first kappa shape index (κ1) is 23.3. The maximum absolute atomic E-state index is 4.57. The third-order valence-electron chi connectivity index (χ3n) is 5.92. The van der Waals surface area contributed by atoms with Gasteiger partial charge in [0.2, 0.25) is 5.13 Å². The summed E-state index contributed by atoms with van der Waals surface area (Å²) in [6, 6.07) is 23.5. The molecule has 6 rings (SSSR count). The molecule has 0 aliphatic carbocycles. The lowest BCUT2D eigenvalue weighted by molar-refractivity contribution is 0.949. The topological polar surface area (TPSA) is 90.3 Å². The standard InChI is InChI=1S/C27H22N8S2/c1-2-6-22-21(5-1)23(31-29-19-7-9-20(10-8-19)30-34-27-28-15-18-36-27)11-12-24(22)32-33-25-13-14-26(37-25)35-16-3-4-17-35/h1-2,5-15,18H,3-4,16-17H2. The van der Waals surface area contributed by atoms with Gasteiger partial charge in [-0.3, -0.25) is 0 Å². The Hall–Kier alpha value is -4.15. The van der Waals surface area contributed by atoms with Gasteiger partial charge in [-0.25, -0.2) is 4.98 Å². The summed E-state index contributed by atoms with van der Waals surface area (Å²) in [6.07, 6.45) is 4.22. The van der Waals surface area contributed by atoms with Gasteiger partial charge >= 0.3 is 0 Å². The fraction of sp³-hybridized carbons (Fsp3) is 0.148. The molecule has 0 unspecified atom stereocenters. The third kappa shape index (κ3) is 5.50. The Labute approximate surface area is 221 Å². The molecule has 1 aliphatic rings. The van der Waals surface area contributed by atoms with Crippen LogP contribution in [-0.4, -0.2) is 18.1 Å². The summed E-state index contributed by atoms with van der Waals surface area (Å²) < 4.78 is 0. The van der Waals surface area contributed by atoms with Crippen molar-refractivity contribution in [3.05, 3.63) is 84.4 Å². The van der Waals surface area contributed by atoms with E-state index in [2.05, 4.69) is 46.6 Å². The summed E-state index contributed by atoms with van der Waals surface area (Å²) in [5.41, 5.74) is 3.04. The van der Waals surface area contributed by atoms with Crippen molar-refractivity contribution < 1.29 is 0 Å². The number of anilines is 1. The van der Waals surface area contributed by atoms with E-state index in [1.165, 1.54) is 29.2 Å². The molecule has 0 atom stereocenters. The summed E-state index contributed by atoms with van der Waals surface area (Å²) >= 11 is 3.13. The van der Waals surface area contributed by atoms with Crippen LogP contribution in [-0.2, 0) is 0 Å². The molecule has 0 amide bonds. The number of benzene rings is 3. The van der Waals surface area contributed by atoms with Crippen LogP contribution in [0.4, 0.5) is 37.9 Å². The highest BCUT2D eigenvalue weighted by atomic mass is 32.1. The number of hydrogen-bond donors (Lipinski definition) is 0. The van der Waals surface area contributed by atoms with E-state index in [1.54, 1.807) is 17.5 Å². The average Bonchev–Trinajstić information content (AvgIpc) is 3.73. The quantitative estimate of drug-likeness (QED) is 0.199. The Morgan fingerprint density at radius 1 is 0.649 bits per heavy atom. The Bertz CT molecular complexity index is 1580. The van der Waals surface area contributed by atoms with E-state index in [1.807, 2.05) is 72.1 Å². The van der Waals surface area contributed by atoms with Crippen molar-refractivity contribution >= 4 is 71.3 Å². The molecule has 0 bridgehead atoms. The van der Waals surface area contributed by atoms with E-state index in [-0.39, 0.29) is 0 Å². The lowest BCUT2D eigenvalue weighted by Crippen LogP contribution is -2.15. The predicted molar refractivity (Wildman–Crippen MR) is 151 cm³/mol. The van der Waals surface area contributed by atoms with E-state index >= 15 is 0 Å². The fourth-order valence-corrected chi connectivity index (χ4v) is 5.42. The lowest BCUT2D eigenvalue weighted by Gasteiger charge is -2.13. The Morgan fingerprint density at radius 2 is 1.30 bits per heavy atom. The van der Waals surface area contributed by atoms with E-state index in [9.17, 15) is 0 Å². The molecule has 0 spiro atoms. The van der Waals surface area contributed by atoms with Gasteiger partial charge in [0.15, 0.2) is 0 Å². The molecule has 2 aromatic heterocycles. The average molecular weight is 523 g/mol. The minimum atomic E-state index is 0.626. The first-order valence-electron chi connectivity index (χ1n) is 11.9. The molecule has 8 nitrogen and oxygen atoms in total. The number of azo groups is 3. The highest BCUT2D eigenvalue weighted by Gasteiger charge is 2.14. The minimum Gasteiger partial charge on any atom is -0.363 e. The number of thiophene rings is 1. The van der Waals surface area contributed by atoms with Crippen LogP contribution in [0.3, 0.4) is 0 Å². The molecule has 1 aliphatic heterocycles. The van der Waals surface area contributed by atoms with Crippen LogP contribution in [0.25, 0.3) is 10.8 Å². The molecule has 3 aromatic carbocycles. The predicted octanol–water partition coefficient (Wildman–Crippen LogP) is 10.2. The molecule has 10 heteroatoms. The number of thiazole rings is 1. The van der Waals surface area contributed by atoms with Crippen LogP contribution in [0.5, 0.6) is 0 Å². The largest absolute Gasteiger partial charge is 0.363 e. The molecule has 0 N–H and O–H groups in total. The molecule has 1 fully saturated rings. The molecule has 5 aromatic rings. The van der Waals surface area contributed by atoms with Gasteiger partial charge < -0.3 is 4.90 Å². The van der Waals surface area contributed by atoms with E-state index in [0.29, 0.717) is 5.13 Å². The maximum atomic E-state index is 4.57. The van der Waals surface area contributed by atoms with Crippen LogP contribution in [0, 0.1) is 0 Å². The zero-order valence-corrected chi connectivity index (χ0v) is 21.4. The van der Waals surface area contributed by atoms with Gasteiger partial charge in [-0.2, -0.15) is 5.11 Å². The molecular formula is C27H22N8S2. The molecule has 37 heavy (non-hydrogen) atoms. The summed E-state index contributed by atoms with van der Waals surface area (Å²) in [6.45, 7) is 2.25. The summed E-state index contributed by atoms with van der Waals surface area (Å²) in [4.78, 5) is 6.51. The Morgan fingerprint density at radius 3 is 1.95 bits per heavy atom. The van der Waals surface area contributed by atoms with E-state index in [0.717, 1.165) is 51.6 Å². The third-order valence-corrected chi connectivity index (χ3v) is 7.61. The maximum Gasteiger partial charge on any atom is 0.229 e. The zero-order valence-electron chi connectivity index (χ0n) is 19.8.